The van der Waals surface area contributed by atoms with E-state index in [1.807, 2.05) is 24.4 Å². The molecule has 0 saturated carbocycles. The van der Waals surface area contributed by atoms with Crippen LogP contribution in [0.4, 0.5) is 0 Å². The number of aryl methyl sites for hydroxylation is 1. The van der Waals surface area contributed by atoms with Crippen LogP contribution in [0.5, 0.6) is 11.5 Å². The minimum Gasteiger partial charge on any atom is -0.496 e. The average Bonchev–Trinajstić information content (AvgIpc) is 3.16. The molecule has 1 N–H and O–H groups in total. The zero-order valence-electron chi connectivity index (χ0n) is 14.2. The van der Waals surface area contributed by atoms with E-state index in [0.29, 0.717) is 13.0 Å². The molecular formula is C18H22N2O3S. The smallest absolute Gasteiger partial charge is 0.226 e. The Morgan fingerprint density at radius 2 is 2.33 bits per heavy atom. The summed E-state index contributed by atoms with van der Waals surface area (Å²) in [5.74, 6) is 1.63. The van der Waals surface area contributed by atoms with Gasteiger partial charge >= 0.3 is 0 Å². The number of nitrogens with zero attached hydrogens (tertiary/aromatic N) is 1. The molecule has 0 radical (unpaired) electrons. The molecule has 24 heavy (non-hydrogen) atoms. The average molecular weight is 346 g/mol. The van der Waals surface area contributed by atoms with Crippen LogP contribution in [0.2, 0.25) is 0 Å². The quantitative estimate of drug-likeness (QED) is 0.874. The van der Waals surface area contributed by atoms with Crippen LogP contribution in [-0.4, -0.2) is 24.1 Å². The molecule has 0 aliphatic carbocycles. The predicted molar refractivity (Wildman–Crippen MR) is 93.8 cm³/mol. The fourth-order valence-corrected chi connectivity index (χ4v) is 3.57. The summed E-state index contributed by atoms with van der Waals surface area (Å²) in [7, 11) is 1.65. The Hall–Kier alpha value is -2.08. The van der Waals surface area contributed by atoms with Crippen molar-refractivity contribution < 1.29 is 14.3 Å². The zero-order valence-corrected chi connectivity index (χ0v) is 15.0. The summed E-state index contributed by atoms with van der Waals surface area (Å²) in [6, 6.07) is 3.98. The van der Waals surface area contributed by atoms with Gasteiger partial charge in [-0.05, 0) is 25.5 Å². The first-order chi connectivity index (χ1) is 11.6. The third-order valence-electron chi connectivity index (χ3n) is 4.02. The molecule has 6 heteroatoms. The van der Waals surface area contributed by atoms with Gasteiger partial charge in [0.2, 0.25) is 5.91 Å². The number of thiazole rings is 1. The molecule has 1 amide bonds. The van der Waals surface area contributed by atoms with E-state index in [-0.39, 0.29) is 12.0 Å². The molecular weight excluding hydrogens is 324 g/mol. The highest BCUT2D eigenvalue weighted by Crippen LogP contribution is 2.34. The number of hydrogen-bond donors (Lipinski definition) is 1. The number of fused-ring (bicyclic) bond motifs is 1. The molecule has 0 spiro atoms. The van der Waals surface area contributed by atoms with E-state index in [4.69, 9.17) is 9.47 Å². The highest BCUT2D eigenvalue weighted by atomic mass is 32.1. The van der Waals surface area contributed by atoms with Gasteiger partial charge in [0.15, 0.2) is 0 Å². The van der Waals surface area contributed by atoms with Crippen LogP contribution in [0, 0.1) is 0 Å². The minimum atomic E-state index is -0.0419. The van der Waals surface area contributed by atoms with Crippen LogP contribution in [0.1, 0.15) is 35.7 Å². The van der Waals surface area contributed by atoms with E-state index in [2.05, 4.69) is 17.2 Å². The van der Waals surface area contributed by atoms with Gasteiger partial charge < -0.3 is 14.8 Å². The Balaban J connectivity index is 1.63. The third-order valence-corrected chi connectivity index (χ3v) is 5.06. The van der Waals surface area contributed by atoms with E-state index in [9.17, 15) is 4.79 Å². The molecule has 1 unspecified atom stereocenters. The monoisotopic (exact) mass is 346 g/mol. The van der Waals surface area contributed by atoms with Crippen molar-refractivity contribution in [2.45, 2.75) is 45.8 Å². The Bertz CT molecular complexity index is 742. The van der Waals surface area contributed by atoms with Crippen LogP contribution >= 0.6 is 11.3 Å². The summed E-state index contributed by atoms with van der Waals surface area (Å²) in [6.07, 6.45) is 2.28. The SMILES string of the molecule is CCc1nc(CC(=O)NCc2cc3c(cc2OC)CC(C)O3)cs1. The van der Waals surface area contributed by atoms with Crippen molar-refractivity contribution in [1.29, 1.82) is 0 Å². The zero-order chi connectivity index (χ0) is 17.1. The van der Waals surface area contributed by atoms with Gasteiger partial charge in [-0.15, -0.1) is 11.3 Å². The third kappa shape index (κ3) is 3.70. The molecule has 2 aromatic rings. The van der Waals surface area contributed by atoms with Crippen molar-refractivity contribution in [3.05, 3.63) is 39.3 Å². The normalized spacial score (nSPS) is 15.7. The molecule has 128 valence electrons. The van der Waals surface area contributed by atoms with Crippen molar-refractivity contribution in [3.63, 3.8) is 0 Å². The number of aromatic nitrogens is 1. The number of hydrogen-bond acceptors (Lipinski definition) is 5. The summed E-state index contributed by atoms with van der Waals surface area (Å²) >= 11 is 1.60. The van der Waals surface area contributed by atoms with Gasteiger partial charge in [0.05, 0.1) is 24.2 Å². The topological polar surface area (TPSA) is 60.5 Å². The van der Waals surface area contributed by atoms with Gasteiger partial charge in [-0.25, -0.2) is 4.98 Å². The molecule has 0 fully saturated rings. The number of carbonyl (C=O) groups is 1. The standard InChI is InChI=1S/C18H22N2O3S/c1-4-18-20-14(10-24-18)8-17(21)19-9-13-7-16-12(5-11(2)23-16)6-15(13)22-3/h6-7,10-11H,4-5,8-9H2,1-3H3,(H,19,21). The van der Waals surface area contributed by atoms with Gasteiger partial charge in [0.25, 0.3) is 0 Å². The Kier molecular flexibility index (Phi) is 5.04. The first-order valence-electron chi connectivity index (χ1n) is 8.15. The number of rotatable bonds is 6. The summed E-state index contributed by atoms with van der Waals surface area (Å²) < 4.78 is 11.2. The fraction of sp³-hybridized carbons (Fsp3) is 0.444. The Morgan fingerprint density at radius 3 is 3.04 bits per heavy atom. The van der Waals surface area contributed by atoms with Crippen LogP contribution in [0.15, 0.2) is 17.5 Å². The lowest BCUT2D eigenvalue weighted by atomic mass is 10.1. The number of nitrogens with one attached hydrogen (secondary N) is 1. The Morgan fingerprint density at radius 1 is 1.50 bits per heavy atom. The van der Waals surface area contributed by atoms with E-state index in [1.165, 1.54) is 0 Å². The first-order valence-corrected chi connectivity index (χ1v) is 9.03. The summed E-state index contributed by atoms with van der Waals surface area (Å²) in [6.45, 7) is 4.52. The van der Waals surface area contributed by atoms with E-state index in [1.54, 1.807) is 18.4 Å². The van der Waals surface area contributed by atoms with Crippen molar-refractivity contribution in [1.82, 2.24) is 10.3 Å². The van der Waals surface area contributed by atoms with Gasteiger partial charge in [0, 0.05) is 29.5 Å². The molecule has 0 bridgehead atoms. The molecule has 2 heterocycles. The second-order valence-corrected chi connectivity index (χ2v) is 6.89. The van der Waals surface area contributed by atoms with Crippen molar-refractivity contribution in [2.75, 3.05) is 7.11 Å². The number of carbonyl (C=O) groups excluding carboxylic acids is 1. The summed E-state index contributed by atoms with van der Waals surface area (Å²) in [5, 5.41) is 5.95. The molecule has 1 aliphatic rings. The minimum absolute atomic E-state index is 0.0419. The van der Waals surface area contributed by atoms with Crippen molar-refractivity contribution in [2.24, 2.45) is 0 Å². The largest absolute Gasteiger partial charge is 0.496 e. The van der Waals surface area contributed by atoms with Crippen LogP contribution in [0.3, 0.4) is 0 Å². The highest BCUT2D eigenvalue weighted by Gasteiger charge is 2.21. The second kappa shape index (κ2) is 7.21. The molecule has 1 aromatic heterocycles. The lowest BCUT2D eigenvalue weighted by Crippen LogP contribution is -2.25. The number of methoxy groups -OCH3 is 1. The van der Waals surface area contributed by atoms with Gasteiger partial charge in [-0.1, -0.05) is 6.92 Å². The molecule has 1 aromatic carbocycles. The Labute approximate surface area is 146 Å². The molecule has 5 nitrogen and oxygen atoms in total. The molecule has 3 rings (SSSR count). The summed E-state index contributed by atoms with van der Waals surface area (Å²) in [4.78, 5) is 16.6. The number of benzene rings is 1. The van der Waals surface area contributed by atoms with E-state index < -0.39 is 0 Å². The maximum Gasteiger partial charge on any atom is 0.226 e. The van der Waals surface area contributed by atoms with E-state index >= 15 is 0 Å². The molecule has 1 aliphatic heterocycles. The predicted octanol–water partition coefficient (Wildman–Crippen LogP) is 2.90. The first kappa shape index (κ1) is 16.8. The lowest BCUT2D eigenvalue weighted by Gasteiger charge is -2.12. The van der Waals surface area contributed by atoms with Gasteiger partial charge in [-0.3, -0.25) is 4.79 Å². The second-order valence-electron chi connectivity index (χ2n) is 5.94. The number of ether oxygens (including phenoxy) is 2. The fourth-order valence-electron chi connectivity index (χ4n) is 2.82. The summed E-state index contributed by atoms with van der Waals surface area (Å²) in [5.41, 5.74) is 2.91. The molecule has 0 saturated heterocycles. The maximum absolute atomic E-state index is 12.2. The maximum atomic E-state index is 12.2. The van der Waals surface area contributed by atoms with Gasteiger partial charge in [0.1, 0.15) is 17.6 Å². The number of amides is 1. The van der Waals surface area contributed by atoms with E-state index in [0.717, 1.165) is 46.2 Å². The van der Waals surface area contributed by atoms with Crippen molar-refractivity contribution >= 4 is 17.2 Å². The van der Waals surface area contributed by atoms with Crippen LogP contribution in [-0.2, 0) is 30.6 Å². The van der Waals surface area contributed by atoms with Crippen molar-refractivity contribution in [3.8, 4) is 11.5 Å². The van der Waals surface area contributed by atoms with Crippen LogP contribution in [0.25, 0.3) is 0 Å². The van der Waals surface area contributed by atoms with Crippen LogP contribution < -0.4 is 14.8 Å². The highest BCUT2D eigenvalue weighted by molar-refractivity contribution is 7.09. The lowest BCUT2D eigenvalue weighted by molar-refractivity contribution is -0.120. The molecule has 1 atom stereocenters. The van der Waals surface area contributed by atoms with Gasteiger partial charge in [-0.2, -0.15) is 0 Å².